The molecule has 4 heterocycles. The first-order valence-corrected chi connectivity index (χ1v) is 11.4. The number of pyridine rings is 1. The fourth-order valence-corrected chi connectivity index (χ4v) is 4.19. The first-order chi connectivity index (χ1) is 16.9. The van der Waals surface area contributed by atoms with E-state index in [0.717, 1.165) is 10.0 Å². The minimum Gasteiger partial charge on any atom is -0.463 e. The van der Waals surface area contributed by atoms with Crippen LogP contribution < -0.4 is 5.32 Å². The molecule has 1 amide bonds. The molecular weight excluding hydrogens is 522 g/mol. The highest BCUT2D eigenvalue weighted by atomic mass is 79.9. The lowest BCUT2D eigenvalue weighted by atomic mass is 10.1. The van der Waals surface area contributed by atoms with Crippen LogP contribution in [0.5, 0.6) is 0 Å². The molecule has 0 spiro atoms. The Morgan fingerprint density at radius 3 is 2.69 bits per heavy atom. The van der Waals surface area contributed by atoms with Gasteiger partial charge in [0.05, 0.1) is 34.6 Å². The molecule has 178 valence electrons. The lowest BCUT2D eigenvalue weighted by Gasteiger charge is -2.09. The van der Waals surface area contributed by atoms with Gasteiger partial charge in [0.15, 0.2) is 11.4 Å². The molecule has 4 aromatic heterocycles. The van der Waals surface area contributed by atoms with Crippen LogP contribution in [0.25, 0.3) is 22.5 Å². The molecule has 5 aromatic rings. The van der Waals surface area contributed by atoms with Crippen molar-refractivity contribution in [3.8, 4) is 11.5 Å². The minimum atomic E-state index is -2.74. The summed E-state index contributed by atoms with van der Waals surface area (Å²) in [5.41, 5.74) is 2.23. The molecule has 0 atom stereocenters. The third-order valence-electron chi connectivity index (χ3n) is 5.39. The molecule has 0 saturated heterocycles. The van der Waals surface area contributed by atoms with E-state index in [2.05, 4.69) is 36.4 Å². The number of aromatic nitrogens is 5. The predicted molar refractivity (Wildman–Crippen MR) is 129 cm³/mol. The Kier molecular flexibility index (Phi) is 6.16. The summed E-state index contributed by atoms with van der Waals surface area (Å²) in [5.74, 6) is -0.00632. The van der Waals surface area contributed by atoms with Crippen molar-refractivity contribution in [3.63, 3.8) is 0 Å². The largest absolute Gasteiger partial charge is 0.463 e. The molecule has 1 N–H and O–H groups in total. The maximum atomic E-state index is 13.8. The Bertz CT molecular complexity index is 1490. The van der Waals surface area contributed by atoms with E-state index in [1.54, 1.807) is 42.1 Å². The lowest BCUT2D eigenvalue weighted by Crippen LogP contribution is -2.20. The monoisotopic (exact) mass is 540 g/mol. The zero-order valence-corrected chi connectivity index (χ0v) is 20.0. The molecule has 11 heteroatoms. The second kappa shape index (κ2) is 9.41. The van der Waals surface area contributed by atoms with E-state index in [0.29, 0.717) is 23.7 Å². The molecular formula is C24H19BrF2N6O2. The van der Waals surface area contributed by atoms with Crippen molar-refractivity contribution in [2.24, 2.45) is 0 Å². The maximum Gasteiger partial charge on any atom is 0.264 e. The average Bonchev–Trinajstić information content (AvgIpc) is 3.56. The second-order valence-electron chi connectivity index (χ2n) is 7.92. The van der Waals surface area contributed by atoms with Crippen LogP contribution in [0.3, 0.4) is 0 Å². The highest BCUT2D eigenvalue weighted by molar-refractivity contribution is 9.10. The number of aryl methyl sites for hydroxylation is 1. The summed E-state index contributed by atoms with van der Waals surface area (Å²) in [6.07, 6.45) is 2.29. The number of hydrogen-bond acceptors (Lipinski definition) is 5. The molecule has 0 saturated carbocycles. The van der Waals surface area contributed by atoms with Crippen LogP contribution >= 0.6 is 15.9 Å². The number of furan rings is 1. The van der Waals surface area contributed by atoms with Crippen LogP contribution in [-0.2, 0) is 17.9 Å². The molecule has 0 aliphatic carbocycles. The first kappa shape index (κ1) is 22.9. The molecule has 0 bridgehead atoms. The van der Waals surface area contributed by atoms with Gasteiger partial charge in [-0.1, -0.05) is 12.1 Å². The maximum absolute atomic E-state index is 13.8. The third-order valence-corrected chi connectivity index (χ3v) is 5.80. The highest BCUT2D eigenvalue weighted by Crippen LogP contribution is 2.33. The average molecular weight is 541 g/mol. The molecule has 8 nitrogen and oxygen atoms in total. The van der Waals surface area contributed by atoms with E-state index in [4.69, 9.17) is 4.42 Å². The Labute approximate surface area is 206 Å². The van der Waals surface area contributed by atoms with E-state index in [9.17, 15) is 13.6 Å². The van der Waals surface area contributed by atoms with Crippen molar-refractivity contribution in [1.82, 2.24) is 24.5 Å². The number of nitrogens with zero attached hydrogens (tertiary/aromatic N) is 5. The second-order valence-corrected chi connectivity index (χ2v) is 8.83. The Morgan fingerprint density at radius 1 is 1.23 bits per heavy atom. The van der Waals surface area contributed by atoms with Crippen LogP contribution in [0.4, 0.5) is 14.5 Å². The number of alkyl halides is 2. The zero-order chi connectivity index (χ0) is 24.5. The Morgan fingerprint density at radius 2 is 2.03 bits per heavy atom. The smallest absolute Gasteiger partial charge is 0.264 e. The van der Waals surface area contributed by atoms with Gasteiger partial charge in [-0.25, -0.2) is 18.4 Å². The SMILES string of the molecule is Cc1nn(CC(=O)Nc2ccc(Cn3cc(Br)cn3)cc2)c2nc(-c3ccco3)cc(C(F)F)c12. The third kappa shape index (κ3) is 4.85. The summed E-state index contributed by atoms with van der Waals surface area (Å²) in [6, 6.07) is 12.0. The van der Waals surface area contributed by atoms with Gasteiger partial charge in [0.25, 0.3) is 6.43 Å². The number of rotatable bonds is 7. The zero-order valence-electron chi connectivity index (χ0n) is 18.5. The predicted octanol–water partition coefficient (Wildman–Crippen LogP) is 5.58. The topological polar surface area (TPSA) is 90.8 Å². The van der Waals surface area contributed by atoms with Gasteiger partial charge in [-0.3, -0.25) is 9.48 Å². The molecule has 5 rings (SSSR count). The van der Waals surface area contributed by atoms with Gasteiger partial charge < -0.3 is 9.73 Å². The number of nitrogens with one attached hydrogen (secondary N) is 1. The Hall–Kier alpha value is -3.86. The van der Waals surface area contributed by atoms with E-state index in [1.807, 2.05) is 18.3 Å². The number of benzene rings is 1. The van der Waals surface area contributed by atoms with Crippen molar-refractivity contribution in [1.29, 1.82) is 0 Å². The van der Waals surface area contributed by atoms with Crippen molar-refractivity contribution >= 4 is 38.6 Å². The van der Waals surface area contributed by atoms with Crippen molar-refractivity contribution in [2.45, 2.75) is 26.4 Å². The summed E-state index contributed by atoms with van der Waals surface area (Å²) in [6.45, 7) is 2.02. The Balaban J connectivity index is 1.36. The number of fused-ring (bicyclic) bond motifs is 1. The van der Waals surface area contributed by atoms with Gasteiger partial charge in [-0.05, 0) is 58.7 Å². The number of carbonyl (C=O) groups excluding carboxylic acids is 1. The quantitative estimate of drug-likeness (QED) is 0.291. The summed E-state index contributed by atoms with van der Waals surface area (Å²) < 4.78 is 37.1. The molecule has 0 unspecified atom stereocenters. The van der Waals surface area contributed by atoms with Crippen LogP contribution in [-0.4, -0.2) is 30.5 Å². The summed E-state index contributed by atoms with van der Waals surface area (Å²) >= 11 is 3.37. The van der Waals surface area contributed by atoms with Gasteiger partial charge in [0.1, 0.15) is 12.2 Å². The number of carbonyl (C=O) groups is 1. The van der Waals surface area contributed by atoms with Crippen LogP contribution in [0.2, 0.25) is 0 Å². The van der Waals surface area contributed by atoms with Crippen molar-refractivity contribution in [3.05, 3.63) is 82.4 Å². The summed E-state index contributed by atoms with van der Waals surface area (Å²) in [7, 11) is 0. The molecule has 0 aliphatic heterocycles. The summed E-state index contributed by atoms with van der Waals surface area (Å²) in [4.78, 5) is 17.2. The van der Waals surface area contributed by atoms with Gasteiger partial charge >= 0.3 is 0 Å². The van der Waals surface area contributed by atoms with Gasteiger partial charge in [0.2, 0.25) is 5.91 Å². The van der Waals surface area contributed by atoms with E-state index < -0.39 is 6.43 Å². The number of anilines is 1. The molecule has 1 aromatic carbocycles. The molecule has 0 radical (unpaired) electrons. The number of halogens is 3. The molecule has 35 heavy (non-hydrogen) atoms. The summed E-state index contributed by atoms with van der Waals surface area (Å²) in [5, 5.41) is 11.6. The van der Waals surface area contributed by atoms with Gasteiger partial charge in [0, 0.05) is 17.4 Å². The minimum absolute atomic E-state index is 0.190. The van der Waals surface area contributed by atoms with Crippen molar-refractivity contribution in [2.75, 3.05) is 5.32 Å². The lowest BCUT2D eigenvalue weighted by molar-refractivity contribution is -0.116. The number of amides is 1. The van der Waals surface area contributed by atoms with E-state index in [-0.39, 0.29) is 34.7 Å². The van der Waals surface area contributed by atoms with Crippen LogP contribution in [0, 0.1) is 6.92 Å². The highest BCUT2D eigenvalue weighted by Gasteiger charge is 2.22. The fraction of sp³-hybridized carbons (Fsp3) is 0.167. The van der Waals surface area contributed by atoms with E-state index >= 15 is 0 Å². The normalized spacial score (nSPS) is 11.5. The fourth-order valence-electron chi connectivity index (χ4n) is 3.86. The molecule has 0 aliphatic rings. The molecule has 0 fully saturated rings. The number of hydrogen-bond donors (Lipinski definition) is 1. The van der Waals surface area contributed by atoms with Crippen LogP contribution in [0.15, 0.2) is 70.0 Å². The van der Waals surface area contributed by atoms with Gasteiger partial charge in [-0.15, -0.1) is 0 Å². The van der Waals surface area contributed by atoms with E-state index in [1.165, 1.54) is 17.0 Å². The standard InChI is InChI=1S/C24H19BrF2N6O2/c1-14-22-18(23(26)27)9-19(20-3-2-8-35-20)30-24(22)33(31-14)13-21(34)29-17-6-4-15(5-7-17)11-32-12-16(25)10-28-32/h2-10,12,23H,11,13H2,1H3,(H,29,34). The first-order valence-electron chi connectivity index (χ1n) is 10.6. The van der Waals surface area contributed by atoms with Crippen molar-refractivity contribution < 1.29 is 18.0 Å². The van der Waals surface area contributed by atoms with Gasteiger partial charge in [-0.2, -0.15) is 10.2 Å². The van der Waals surface area contributed by atoms with Crippen LogP contribution in [0.1, 0.15) is 23.2 Å².